The first-order valence-corrected chi connectivity index (χ1v) is 5.63. The average molecular weight is 198 g/mol. The Morgan fingerprint density at radius 2 is 2.36 bits per heavy atom. The Morgan fingerprint density at radius 3 is 2.86 bits per heavy atom. The lowest BCUT2D eigenvalue weighted by Gasteiger charge is -2.40. The summed E-state index contributed by atoms with van der Waals surface area (Å²) >= 11 is 0. The molecule has 0 aliphatic heterocycles. The van der Waals surface area contributed by atoms with Crippen molar-refractivity contribution in [3.05, 3.63) is 0 Å². The molecule has 0 radical (unpaired) electrons. The average Bonchev–Trinajstić information content (AvgIpc) is 2.17. The minimum Gasteiger partial charge on any atom is -0.349 e. The number of hydrogen-bond donors (Lipinski definition) is 2. The van der Waals surface area contributed by atoms with Crippen LogP contribution in [0.2, 0.25) is 0 Å². The van der Waals surface area contributed by atoms with Crippen molar-refractivity contribution >= 4 is 5.91 Å². The van der Waals surface area contributed by atoms with E-state index in [1.165, 1.54) is 12.8 Å². The van der Waals surface area contributed by atoms with Crippen LogP contribution in [0.4, 0.5) is 0 Å². The summed E-state index contributed by atoms with van der Waals surface area (Å²) in [6.07, 6.45) is 5.08. The molecule has 1 amide bonds. The Morgan fingerprint density at radius 1 is 1.64 bits per heavy atom. The van der Waals surface area contributed by atoms with Gasteiger partial charge in [0.25, 0.3) is 0 Å². The molecule has 3 nitrogen and oxygen atoms in total. The van der Waals surface area contributed by atoms with Crippen LogP contribution in [0, 0.1) is 5.92 Å². The highest BCUT2D eigenvalue weighted by molar-refractivity contribution is 5.76. The largest absolute Gasteiger partial charge is 0.349 e. The minimum atomic E-state index is -0.106. The molecular weight excluding hydrogens is 176 g/mol. The van der Waals surface area contributed by atoms with E-state index < -0.39 is 0 Å². The summed E-state index contributed by atoms with van der Waals surface area (Å²) in [7, 11) is 0. The topological polar surface area (TPSA) is 55.1 Å². The quantitative estimate of drug-likeness (QED) is 0.720. The van der Waals surface area contributed by atoms with E-state index in [-0.39, 0.29) is 11.4 Å². The highest BCUT2D eigenvalue weighted by atomic mass is 16.1. The van der Waals surface area contributed by atoms with E-state index in [0.717, 1.165) is 12.8 Å². The third-order valence-corrected chi connectivity index (χ3v) is 3.21. The van der Waals surface area contributed by atoms with Crippen molar-refractivity contribution < 1.29 is 4.79 Å². The van der Waals surface area contributed by atoms with Gasteiger partial charge in [-0.1, -0.05) is 26.7 Å². The van der Waals surface area contributed by atoms with Crippen molar-refractivity contribution in [2.75, 3.05) is 6.54 Å². The molecule has 1 aliphatic carbocycles. The van der Waals surface area contributed by atoms with Gasteiger partial charge in [-0.25, -0.2) is 0 Å². The molecule has 1 saturated carbocycles. The van der Waals surface area contributed by atoms with Gasteiger partial charge in [-0.2, -0.15) is 0 Å². The summed E-state index contributed by atoms with van der Waals surface area (Å²) in [5, 5.41) is 3.10. The van der Waals surface area contributed by atoms with E-state index in [2.05, 4.69) is 12.2 Å². The zero-order chi connectivity index (χ0) is 10.6. The third kappa shape index (κ3) is 2.71. The molecule has 0 bridgehead atoms. The summed E-state index contributed by atoms with van der Waals surface area (Å²) in [6.45, 7) is 4.69. The zero-order valence-electron chi connectivity index (χ0n) is 9.31. The number of carbonyl (C=O) groups excluding carboxylic acids is 1. The van der Waals surface area contributed by atoms with Gasteiger partial charge in [0, 0.05) is 13.0 Å². The molecule has 2 unspecified atom stereocenters. The van der Waals surface area contributed by atoms with Gasteiger partial charge in [-0.3, -0.25) is 4.79 Å². The van der Waals surface area contributed by atoms with Gasteiger partial charge in [0.15, 0.2) is 0 Å². The molecule has 2 atom stereocenters. The second-order valence-electron chi connectivity index (χ2n) is 4.59. The molecule has 1 rings (SSSR count). The lowest BCUT2D eigenvalue weighted by Crippen LogP contribution is -2.55. The van der Waals surface area contributed by atoms with Gasteiger partial charge in [0.05, 0.1) is 5.54 Å². The molecule has 1 fully saturated rings. The summed E-state index contributed by atoms with van der Waals surface area (Å²) in [6, 6.07) is 0. The van der Waals surface area contributed by atoms with E-state index >= 15 is 0 Å². The van der Waals surface area contributed by atoms with Gasteiger partial charge in [-0.05, 0) is 18.8 Å². The predicted octanol–water partition coefficient (Wildman–Crippen LogP) is 1.42. The van der Waals surface area contributed by atoms with E-state index in [9.17, 15) is 4.79 Å². The van der Waals surface area contributed by atoms with Crippen LogP contribution in [0.3, 0.4) is 0 Å². The summed E-state index contributed by atoms with van der Waals surface area (Å²) < 4.78 is 0. The predicted molar refractivity (Wildman–Crippen MR) is 57.9 cm³/mol. The summed E-state index contributed by atoms with van der Waals surface area (Å²) in [4.78, 5) is 11.4. The molecule has 0 heterocycles. The molecular formula is C11H22N2O. The summed E-state index contributed by atoms with van der Waals surface area (Å²) in [5.41, 5.74) is 5.68. The van der Waals surface area contributed by atoms with E-state index in [0.29, 0.717) is 18.9 Å². The fraction of sp³-hybridized carbons (Fsp3) is 0.909. The van der Waals surface area contributed by atoms with Crippen molar-refractivity contribution in [3.63, 3.8) is 0 Å². The number of hydrogen-bond acceptors (Lipinski definition) is 2. The van der Waals surface area contributed by atoms with Gasteiger partial charge in [0.1, 0.15) is 0 Å². The van der Waals surface area contributed by atoms with E-state index in [4.69, 9.17) is 5.73 Å². The van der Waals surface area contributed by atoms with E-state index in [1.807, 2.05) is 6.92 Å². The maximum Gasteiger partial charge on any atom is 0.220 e. The van der Waals surface area contributed by atoms with Crippen molar-refractivity contribution in [1.29, 1.82) is 0 Å². The Labute approximate surface area is 86.4 Å². The highest BCUT2D eigenvalue weighted by Crippen LogP contribution is 2.31. The maximum atomic E-state index is 11.4. The van der Waals surface area contributed by atoms with Crippen LogP contribution >= 0.6 is 0 Å². The zero-order valence-corrected chi connectivity index (χ0v) is 9.31. The first-order valence-electron chi connectivity index (χ1n) is 5.63. The Kier molecular flexibility index (Phi) is 3.93. The number of amides is 1. The molecule has 3 heteroatoms. The lowest BCUT2D eigenvalue weighted by atomic mass is 9.76. The number of nitrogens with one attached hydrogen (secondary N) is 1. The van der Waals surface area contributed by atoms with Gasteiger partial charge in [0.2, 0.25) is 5.91 Å². The van der Waals surface area contributed by atoms with Crippen LogP contribution in [0.25, 0.3) is 0 Å². The fourth-order valence-electron chi connectivity index (χ4n) is 2.39. The Bertz CT molecular complexity index is 205. The van der Waals surface area contributed by atoms with Crippen molar-refractivity contribution in [2.45, 2.75) is 51.5 Å². The second-order valence-corrected chi connectivity index (χ2v) is 4.59. The molecule has 82 valence electrons. The van der Waals surface area contributed by atoms with Crippen molar-refractivity contribution in [3.8, 4) is 0 Å². The molecule has 0 saturated heterocycles. The second kappa shape index (κ2) is 4.78. The standard InChI is InChI=1S/C11H22N2O/c1-3-10(14)13-11(8-12)6-4-5-9(2)7-11/h9H,3-8,12H2,1-2H3,(H,13,14). The summed E-state index contributed by atoms with van der Waals surface area (Å²) in [5.74, 6) is 0.814. The van der Waals surface area contributed by atoms with Crippen LogP contribution in [0.5, 0.6) is 0 Å². The van der Waals surface area contributed by atoms with Crippen LogP contribution in [0.15, 0.2) is 0 Å². The van der Waals surface area contributed by atoms with E-state index in [1.54, 1.807) is 0 Å². The molecule has 14 heavy (non-hydrogen) atoms. The molecule has 0 aromatic heterocycles. The number of nitrogens with two attached hydrogens (primary N) is 1. The number of carbonyl (C=O) groups is 1. The third-order valence-electron chi connectivity index (χ3n) is 3.21. The van der Waals surface area contributed by atoms with Crippen LogP contribution < -0.4 is 11.1 Å². The fourth-order valence-corrected chi connectivity index (χ4v) is 2.39. The minimum absolute atomic E-state index is 0.106. The first kappa shape index (κ1) is 11.5. The van der Waals surface area contributed by atoms with Gasteiger partial charge in [-0.15, -0.1) is 0 Å². The normalized spacial score (nSPS) is 32.6. The van der Waals surface area contributed by atoms with Crippen molar-refractivity contribution in [1.82, 2.24) is 5.32 Å². The molecule has 0 aromatic carbocycles. The molecule has 0 spiro atoms. The Hall–Kier alpha value is -0.570. The molecule has 3 N–H and O–H groups in total. The van der Waals surface area contributed by atoms with Gasteiger partial charge >= 0.3 is 0 Å². The SMILES string of the molecule is CCC(=O)NC1(CN)CCCC(C)C1. The van der Waals surface area contributed by atoms with Crippen LogP contribution in [0.1, 0.15) is 46.0 Å². The maximum absolute atomic E-state index is 11.4. The first-order chi connectivity index (χ1) is 6.62. The number of rotatable bonds is 3. The van der Waals surface area contributed by atoms with Crippen LogP contribution in [-0.4, -0.2) is 18.0 Å². The molecule has 0 aromatic rings. The monoisotopic (exact) mass is 198 g/mol. The lowest BCUT2D eigenvalue weighted by molar-refractivity contribution is -0.123. The van der Waals surface area contributed by atoms with Crippen LogP contribution in [-0.2, 0) is 4.79 Å². The smallest absolute Gasteiger partial charge is 0.220 e. The molecule has 1 aliphatic rings. The Balaban J connectivity index is 2.60. The van der Waals surface area contributed by atoms with Gasteiger partial charge < -0.3 is 11.1 Å². The van der Waals surface area contributed by atoms with Crippen molar-refractivity contribution in [2.24, 2.45) is 11.7 Å². The highest BCUT2D eigenvalue weighted by Gasteiger charge is 2.34.